The lowest BCUT2D eigenvalue weighted by molar-refractivity contribution is 0.231. The van der Waals surface area contributed by atoms with Crippen LogP contribution in [0.25, 0.3) is 11.3 Å². The summed E-state index contributed by atoms with van der Waals surface area (Å²) in [7, 11) is -0.587. The average Bonchev–Trinajstić information content (AvgIpc) is 2.93. The molecular weight excluding hydrogens is 433 g/mol. The van der Waals surface area contributed by atoms with Crippen molar-refractivity contribution in [2.24, 2.45) is 0 Å². The van der Waals surface area contributed by atoms with Crippen molar-refractivity contribution in [2.75, 3.05) is 6.16 Å². The fraction of sp³-hybridized carbons (Fsp3) is 0.0645. The van der Waals surface area contributed by atoms with Crippen LogP contribution in [0.15, 0.2) is 140 Å². The summed E-state index contributed by atoms with van der Waals surface area (Å²) < 4.78 is 6.66. The number of ether oxygens (including phenoxy) is 1. The van der Waals surface area contributed by atoms with Gasteiger partial charge in [0.05, 0.1) is 5.69 Å². The molecule has 5 rings (SSSR count). The van der Waals surface area contributed by atoms with Crippen LogP contribution < -0.4 is 15.3 Å². The molecule has 3 heteroatoms. The Labute approximate surface area is 202 Å². The SMILES string of the molecule is c1ccc(C(CP(c2ccccc2)c2ccccc2)Oc2ccc(-c3ccccn3)cc2)cc1. The molecule has 0 saturated heterocycles. The normalized spacial score (nSPS) is 11.8. The van der Waals surface area contributed by atoms with Gasteiger partial charge >= 0.3 is 0 Å². The quantitative estimate of drug-likeness (QED) is 0.233. The Morgan fingerprint density at radius 2 is 1.15 bits per heavy atom. The smallest absolute Gasteiger partial charge is 0.128 e. The molecule has 1 aromatic heterocycles. The zero-order chi connectivity index (χ0) is 23.0. The number of aromatic nitrogens is 1. The van der Waals surface area contributed by atoms with Gasteiger partial charge in [-0.25, -0.2) is 0 Å². The van der Waals surface area contributed by atoms with Crippen LogP contribution >= 0.6 is 7.92 Å². The van der Waals surface area contributed by atoms with E-state index in [4.69, 9.17) is 4.74 Å². The molecule has 0 aliphatic carbocycles. The van der Waals surface area contributed by atoms with Crippen LogP contribution in [0.3, 0.4) is 0 Å². The van der Waals surface area contributed by atoms with Crippen molar-refractivity contribution in [2.45, 2.75) is 6.10 Å². The monoisotopic (exact) mass is 459 g/mol. The van der Waals surface area contributed by atoms with Gasteiger partial charge in [0, 0.05) is 17.9 Å². The van der Waals surface area contributed by atoms with Crippen LogP contribution in [0.2, 0.25) is 0 Å². The lowest BCUT2D eigenvalue weighted by Crippen LogP contribution is -2.20. The Kier molecular flexibility index (Phi) is 7.09. The van der Waals surface area contributed by atoms with E-state index in [0.29, 0.717) is 0 Å². The molecule has 0 spiro atoms. The van der Waals surface area contributed by atoms with E-state index in [2.05, 4.69) is 108 Å². The average molecular weight is 460 g/mol. The first kappa shape index (κ1) is 22.1. The Hall–Kier alpha value is -3.74. The molecule has 5 aromatic rings. The van der Waals surface area contributed by atoms with E-state index in [0.717, 1.165) is 23.2 Å². The van der Waals surface area contributed by atoms with Crippen LogP contribution in [0, 0.1) is 0 Å². The van der Waals surface area contributed by atoms with Gasteiger partial charge in [-0.15, -0.1) is 0 Å². The van der Waals surface area contributed by atoms with Crippen LogP contribution in [0.4, 0.5) is 0 Å². The molecule has 166 valence electrons. The van der Waals surface area contributed by atoms with E-state index < -0.39 is 7.92 Å². The molecular formula is C31H26NOP. The predicted molar refractivity (Wildman–Crippen MR) is 143 cm³/mol. The summed E-state index contributed by atoms with van der Waals surface area (Å²) in [4.78, 5) is 4.46. The summed E-state index contributed by atoms with van der Waals surface area (Å²) in [6.07, 6.45) is 2.66. The fourth-order valence-corrected chi connectivity index (χ4v) is 6.42. The first-order chi connectivity index (χ1) is 16.9. The molecule has 4 aromatic carbocycles. The topological polar surface area (TPSA) is 22.1 Å². The molecule has 0 saturated carbocycles. The van der Waals surface area contributed by atoms with Gasteiger partial charge in [0.1, 0.15) is 11.9 Å². The van der Waals surface area contributed by atoms with Crippen molar-refractivity contribution in [1.82, 2.24) is 4.98 Å². The van der Waals surface area contributed by atoms with Gasteiger partial charge in [-0.2, -0.15) is 0 Å². The number of nitrogens with zero attached hydrogens (tertiary/aromatic N) is 1. The van der Waals surface area contributed by atoms with Gasteiger partial charge in [0.15, 0.2) is 0 Å². The first-order valence-electron chi connectivity index (χ1n) is 11.5. The van der Waals surface area contributed by atoms with E-state index in [9.17, 15) is 0 Å². The summed E-state index contributed by atoms with van der Waals surface area (Å²) in [6, 6.07) is 46.4. The number of rotatable bonds is 8. The predicted octanol–water partition coefficient (Wildman–Crippen LogP) is 7.00. The summed E-state index contributed by atoms with van der Waals surface area (Å²) >= 11 is 0. The number of benzene rings is 4. The van der Waals surface area contributed by atoms with Gasteiger partial charge in [0.2, 0.25) is 0 Å². The van der Waals surface area contributed by atoms with E-state index in [1.54, 1.807) is 0 Å². The van der Waals surface area contributed by atoms with Crippen LogP contribution in [0.5, 0.6) is 5.75 Å². The lowest BCUT2D eigenvalue weighted by atomic mass is 10.1. The second-order valence-corrected chi connectivity index (χ2v) is 10.3. The van der Waals surface area contributed by atoms with Crippen molar-refractivity contribution in [3.8, 4) is 17.0 Å². The zero-order valence-corrected chi connectivity index (χ0v) is 19.8. The van der Waals surface area contributed by atoms with Gasteiger partial charge in [-0.1, -0.05) is 97.1 Å². The highest BCUT2D eigenvalue weighted by molar-refractivity contribution is 7.73. The molecule has 0 bridgehead atoms. The molecule has 1 heterocycles. The summed E-state index contributed by atoms with van der Waals surface area (Å²) in [5.41, 5.74) is 3.24. The maximum absolute atomic E-state index is 6.66. The van der Waals surface area contributed by atoms with Crippen molar-refractivity contribution < 1.29 is 4.74 Å². The highest BCUT2D eigenvalue weighted by Crippen LogP contribution is 2.40. The molecule has 0 fully saturated rings. The number of pyridine rings is 1. The standard InChI is InChI=1S/C31H26NOP/c1-4-12-26(13-5-1)31(33-27-21-19-25(20-22-27)30-18-10-11-23-32-30)24-34(28-14-6-2-7-15-28)29-16-8-3-9-17-29/h1-23,31H,24H2. The minimum absolute atomic E-state index is 0.0616. The van der Waals surface area contributed by atoms with Crippen molar-refractivity contribution in [3.05, 3.63) is 145 Å². The van der Waals surface area contributed by atoms with Gasteiger partial charge < -0.3 is 4.74 Å². The lowest BCUT2D eigenvalue weighted by Gasteiger charge is -2.26. The largest absolute Gasteiger partial charge is 0.485 e. The molecule has 0 radical (unpaired) electrons. The van der Waals surface area contributed by atoms with E-state index in [1.807, 2.05) is 36.5 Å². The van der Waals surface area contributed by atoms with Crippen LogP contribution in [0.1, 0.15) is 11.7 Å². The third-order valence-corrected chi connectivity index (χ3v) is 8.29. The third kappa shape index (κ3) is 5.42. The highest BCUT2D eigenvalue weighted by Gasteiger charge is 2.22. The molecule has 2 nitrogen and oxygen atoms in total. The zero-order valence-electron chi connectivity index (χ0n) is 18.9. The molecule has 0 amide bonds. The fourth-order valence-electron chi connectivity index (χ4n) is 4.02. The summed E-state index contributed by atoms with van der Waals surface area (Å²) in [5, 5.41) is 2.72. The first-order valence-corrected chi connectivity index (χ1v) is 13.0. The molecule has 1 unspecified atom stereocenters. The van der Waals surface area contributed by atoms with Crippen molar-refractivity contribution >= 4 is 18.5 Å². The Morgan fingerprint density at radius 3 is 1.71 bits per heavy atom. The molecule has 0 aliphatic rings. The van der Waals surface area contributed by atoms with Gasteiger partial charge in [0.25, 0.3) is 0 Å². The Balaban J connectivity index is 1.45. The number of hydrogen-bond donors (Lipinski definition) is 0. The van der Waals surface area contributed by atoms with Crippen LogP contribution in [-0.4, -0.2) is 11.1 Å². The maximum atomic E-state index is 6.66. The molecule has 0 N–H and O–H groups in total. The molecule has 1 atom stereocenters. The van der Waals surface area contributed by atoms with E-state index in [-0.39, 0.29) is 6.10 Å². The van der Waals surface area contributed by atoms with Gasteiger partial charge in [-0.05, 0) is 60.5 Å². The molecule has 0 aliphatic heterocycles. The van der Waals surface area contributed by atoms with E-state index in [1.165, 1.54) is 16.2 Å². The Morgan fingerprint density at radius 1 is 0.588 bits per heavy atom. The van der Waals surface area contributed by atoms with E-state index >= 15 is 0 Å². The summed E-state index contributed by atoms with van der Waals surface area (Å²) in [5.74, 6) is 0.865. The third-order valence-electron chi connectivity index (χ3n) is 5.75. The minimum Gasteiger partial charge on any atom is -0.485 e. The molecule has 34 heavy (non-hydrogen) atoms. The minimum atomic E-state index is -0.587. The van der Waals surface area contributed by atoms with Crippen LogP contribution in [-0.2, 0) is 0 Å². The number of hydrogen-bond acceptors (Lipinski definition) is 2. The maximum Gasteiger partial charge on any atom is 0.128 e. The Bertz CT molecular complexity index is 1240. The van der Waals surface area contributed by atoms with Crippen molar-refractivity contribution in [1.29, 1.82) is 0 Å². The second-order valence-electron chi connectivity index (χ2n) is 8.04. The van der Waals surface area contributed by atoms with Crippen molar-refractivity contribution in [3.63, 3.8) is 0 Å². The second kappa shape index (κ2) is 10.9. The summed E-state index contributed by atoms with van der Waals surface area (Å²) in [6.45, 7) is 0. The highest BCUT2D eigenvalue weighted by atomic mass is 31.1. The van der Waals surface area contributed by atoms with Gasteiger partial charge in [-0.3, -0.25) is 4.98 Å².